The van der Waals surface area contributed by atoms with Gasteiger partial charge in [-0.2, -0.15) is 41.3 Å². The fourth-order valence-corrected chi connectivity index (χ4v) is 2.19. The molecule has 156 valence electrons. The third kappa shape index (κ3) is 5.36. The Kier molecular flexibility index (Phi) is 5.82. The monoisotopic (exact) mass is 417 g/mol. The number of allylic oxidation sites excluding steroid dienone is 1. The molecule has 0 fully saturated rings. The summed E-state index contributed by atoms with van der Waals surface area (Å²) in [6.07, 6.45) is -12.4. The lowest BCUT2D eigenvalue weighted by Crippen LogP contribution is -2.35. The summed E-state index contributed by atoms with van der Waals surface area (Å²) in [5.41, 5.74) is -0.408. The molecule has 3 atom stereocenters. The average Bonchev–Trinajstić information content (AvgIpc) is 2.55. The molecule has 13 heteroatoms. The van der Waals surface area contributed by atoms with Crippen LogP contribution < -0.4 is 10.6 Å². The van der Waals surface area contributed by atoms with E-state index >= 15 is 0 Å². The first-order chi connectivity index (χ1) is 13.1. The molecule has 0 saturated heterocycles. The third-order valence-corrected chi connectivity index (χ3v) is 3.80. The SMILES string of the molecule is [2H][C@@]1(O)CCCC(c2nc(N[C@H]([CH2+])C(F)(F)F)nc(N[C@H](C)C(F)(F)F)n2)=C1F. The number of aromatic nitrogens is 3. The molecule has 0 bridgehead atoms. The largest absolute Gasteiger partial charge is 0.452 e. The number of alkyl halides is 6. The predicted molar refractivity (Wildman–Crippen MR) is 85.7 cm³/mol. The first-order valence-corrected chi connectivity index (χ1v) is 7.99. The predicted octanol–water partition coefficient (Wildman–Crippen LogP) is 3.64. The zero-order chi connectivity index (χ0) is 22.2. The molecule has 1 aromatic heterocycles. The van der Waals surface area contributed by atoms with Crippen molar-refractivity contribution in [3.8, 4) is 0 Å². The summed E-state index contributed by atoms with van der Waals surface area (Å²) in [6, 6.07) is -4.59. The van der Waals surface area contributed by atoms with Crippen LogP contribution in [0.25, 0.3) is 5.57 Å². The van der Waals surface area contributed by atoms with Gasteiger partial charge in [0.1, 0.15) is 17.9 Å². The molecule has 2 rings (SSSR count). The third-order valence-electron chi connectivity index (χ3n) is 3.80. The zero-order valence-electron chi connectivity index (χ0n) is 15.4. The number of halogens is 7. The number of hydrogen-bond donors (Lipinski definition) is 3. The molecule has 6 nitrogen and oxygen atoms in total. The van der Waals surface area contributed by atoms with Crippen molar-refractivity contribution in [1.29, 1.82) is 0 Å². The van der Waals surface area contributed by atoms with Gasteiger partial charge in [0.15, 0.2) is 5.82 Å². The summed E-state index contributed by atoms with van der Waals surface area (Å²) in [5, 5.41) is 13.4. The maximum atomic E-state index is 14.4. The molecule has 1 aromatic rings. The number of anilines is 2. The lowest BCUT2D eigenvalue weighted by atomic mass is 9.96. The van der Waals surface area contributed by atoms with Crippen LogP contribution in [0.3, 0.4) is 0 Å². The standard InChI is InChI=1S/C15H17F7N5O/c1-6(14(17,18)19)23-12-25-11(8-4-3-5-9(28)10(8)16)26-13(27-12)24-7(2)15(20,21)22/h6-7,9,28H,1,3-5H2,2H3,(H2,23,24,25,26,27)/q+1/t6-,7-,9-/m1/s1/i9D. The van der Waals surface area contributed by atoms with Gasteiger partial charge < -0.3 is 15.7 Å². The molecule has 0 amide bonds. The molecule has 1 heterocycles. The van der Waals surface area contributed by atoms with E-state index in [1.165, 1.54) is 0 Å². The molecule has 0 aromatic carbocycles. The van der Waals surface area contributed by atoms with Crippen molar-refractivity contribution in [3.05, 3.63) is 18.6 Å². The highest BCUT2D eigenvalue weighted by Crippen LogP contribution is 2.33. The van der Waals surface area contributed by atoms with Gasteiger partial charge in [0.2, 0.25) is 11.9 Å². The maximum Gasteiger partial charge on any atom is 0.452 e. The van der Waals surface area contributed by atoms with Crippen LogP contribution in [0.2, 0.25) is 0 Å². The quantitative estimate of drug-likeness (QED) is 0.501. The molecule has 1 aliphatic carbocycles. The van der Waals surface area contributed by atoms with Gasteiger partial charge in [-0.1, -0.05) is 0 Å². The normalized spacial score (nSPS) is 23.8. The highest BCUT2D eigenvalue weighted by atomic mass is 19.4. The van der Waals surface area contributed by atoms with Gasteiger partial charge in [-0.25, -0.2) is 4.39 Å². The molecule has 0 unspecified atom stereocenters. The summed E-state index contributed by atoms with van der Waals surface area (Å²) < 4.78 is 98.5. The van der Waals surface area contributed by atoms with Crippen LogP contribution in [-0.2, 0) is 0 Å². The highest BCUT2D eigenvalue weighted by molar-refractivity contribution is 5.65. The van der Waals surface area contributed by atoms with Crippen LogP contribution in [0.15, 0.2) is 5.83 Å². The van der Waals surface area contributed by atoms with Crippen molar-refractivity contribution in [1.82, 2.24) is 15.0 Å². The first-order valence-electron chi connectivity index (χ1n) is 8.49. The Morgan fingerprint density at radius 3 is 2.21 bits per heavy atom. The molecule has 0 aliphatic heterocycles. The Balaban J connectivity index is 2.50. The van der Waals surface area contributed by atoms with Gasteiger partial charge in [-0.3, -0.25) is 0 Å². The van der Waals surface area contributed by atoms with Gasteiger partial charge in [-0.15, -0.1) is 0 Å². The van der Waals surface area contributed by atoms with Crippen LogP contribution in [-0.4, -0.2) is 50.6 Å². The number of nitrogens with one attached hydrogen (secondary N) is 2. The Hall–Kier alpha value is -2.31. The number of nitrogens with zero attached hydrogens (tertiary/aromatic N) is 3. The topological polar surface area (TPSA) is 83.0 Å². The van der Waals surface area contributed by atoms with E-state index < -0.39 is 59.6 Å². The van der Waals surface area contributed by atoms with E-state index in [4.69, 9.17) is 1.37 Å². The van der Waals surface area contributed by atoms with E-state index in [9.17, 15) is 35.8 Å². The molecule has 0 radical (unpaired) electrons. The summed E-state index contributed by atoms with van der Waals surface area (Å²) >= 11 is 0. The molecule has 3 N–H and O–H groups in total. The van der Waals surface area contributed by atoms with E-state index in [0.717, 1.165) is 6.92 Å². The fourth-order valence-electron chi connectivity index (χ4n) is 2.19. The summed E-state index contributed by atoms with van der Waals surface area (Å²) in [4.78, 5) is 10.7. The molecular weight excluding hydrogens is 399 g/mol. The van der Waals surface area contributed by atoms with Gasteiger partial charge in [0, 0.05) is 5.57 Å². The molecule has 0 spiro atoms. The zero-order valence-corrected chi connectivity index (χ0v) is 14.4. The second kappa shape index (κ2) is 7.97. The number of aliphatic hydroxyl groups is 1. The smallest absolute Gasteiger partial charge is 0.386 e. The summed E-state index contributed by atoms with van der Waals surface area (Å²) in [6.45, 7) is 3.54. The minimum absolute atomic E-state index is 0.0855. The Bertz CT molecular complexity index is 741. The minimum atomic E-state index is -4.82. The Morgan fingerprint density at radius 2 is 1.68 bits per heavy atom. The van der Waals surface area contributed by atoms with Crippen molar-refractivity contribution < 1.29 is 37.2 Å². The van der Waals surface area contributed by atoms with Crippen LogP contribution in [0.1, 0.15) is 33.4 Å². The second-order valence-electron chi connectivity index (χ2n) is 6.05. The Morgan fingerprint density at radius 1 is 1.11 bits per heavy atom. The number of hydrogen-bond acceptors (Lipinski definition) is 6. The van der Waals surface area contributed by atoms with E-state index in [1.54, 1.807) is 5.32 Å². The van der Waals surface area contributed by atoms with Crippen molar-refractivity contribution in [3.63, 3.8) is 0 Å². The van der Waals surface area contributed by atoms with Crippen LogP contribution in [0.5, 0.6) is 0 Å². The molecular formula is C15H17F7N5O+. The van der Waals surface area contributed by atoms with E-state index in [2.05, 4.69) is 21.9 Å². The average molecular weight is 417 g/mol. The van der Waals surface area contributed by atoms with Crippen molar-refractivity contribution >= 4 is 17.5 Å². The van der Waals surface area contributed by atoms with E-state index in [-0.39, 0.29) is 19.3 Å². The van der Waals surface area contributed by atoms with Gasteiger partial charge in [0.05, 0.1) is 8.29 Å². The Labute approximate surface area is 156 Å². The molecule has 1 aliphatic rings. The first kappa shape index (κ1) is 20.4. The van der Waals surface area contributed by atoms with E-state index in [1.807, 2.05) is 5.32 Å². The van der Waals surface area contributed by atoms with Crippen LogP contribution in [0.4, 0.5) is 42.6 Å². The van der Waals surface area contributed by atoms with Crippen molar-refractivity contribution in [2.24, 2.45) is 0 Å². The molecule has 0 saturated carbocycles. The van der Waals surface area contributed by atoms with Gasteiger partial charge >= 0.3 is 12.4 Å². The highest BCUT2D eigenvalue weighted by Gasteiger charge is 2.43. The van der Waals surface area contributed by atoms with Crippen molar-refractivity contribution in [2.75, 3.05) is 10.6 Å². The van der Waals surface area contributed by atoms with Gasteiger partial charge in [0.25, 0.3) is 6.04 Å². The van der Waals surface area contributed by atoms with E-state index in [0.29, 0.717) is 0 Å². The van der Waals surface area contributed by atoms with Crippen LogP contribution in [0, 0.1) is 6.92 Å². The minimum Gasteiger partial charge on any atom is -0.386 e. The second-order valence-corrected chi connectivity index (χ2v) is 6.05. The lowest BCUT2D eigenvalue weighted by molar-refractivity contribution is -0.138. The summed E-state index contributed by atoms with van der Waals surface area (Å²) in [7, 11) is 0. The fraction of sp³-hybridized carbons (Fsp3) is 0.600. The lowest BCUT2D eigenvalue weighted by Gasteiger charge is -2.21. The van der Waals surface area contributed by atoms with Gasteiger partial charge in [-0.05, 0) is 26.2 Å². The number of rotatable bonds is 5. The van der Waals surface area contributed by atoms with Crippen molar-refractivity contribution in [2.45, 2.75) is 56.7 Å². The maximum absolute atomic E-state index is 14.4. The molecule has 28 heavy (non-hydrogen) atoms. The summed E-state index contributed by atoms with van der Waals surface area (Å²) in [5.74, 6) is -3.51. The van der Waals surface area contributed by atoms with Crippen LogP contribution >= 0.6 is 0 Å².